The molecule has 7 heteroatoms. The van der Waals surface area contributed by atoms with Gasteiger partial charge in [-0.05, 0) is 56.0 Å². The van der Waals surface area contributed by atoms with Crippen molar-refractivity contribution < 1.29 is 4.79 Å². The molecule has 30 heavy (non-hydrogen) atoms. The van der Waals surface area contributed by atoms with E-state index in [9.17, 15) is 4.79 Å². The minimum atomic E-state index is -0.0439. The molecule has 0 radical (unpaired) electrons. The number of nitrogens with one attached hydrogen (secondary N) is 1. The highest BCUT2D eigenvalue weighted by molar-refractivity contribution is 7.99. The van der Waals surface area contributed by atoms with Crippen LogP contribution in [-0.2, 0) is 11.3 Å². The summed E-state index contributed by atoms with van der Waals surface area (Å²) < 4.78 is 2.04. The third-order valence-electron chi connectivity index (χ3n) is 5.29. The van der Waals surface area contributed by atoms with Crippen LogP contribution in [0.3, 0.4) is 0 Å². The molecule has 1 aliphatic heterocycles. The molecule has 0 aliphatic carbocycles. The molecule has 6 nitrogen and oxygen atoms in total. The molecule has 1 fully saturated rings. The summed E-state index contributed by atoms with van der Waals surface area (Å²) in [5.74, 6) is 1.09. The number of rotatable bonds is 7. The van der Waals surface area contributed by atoms with Crippen LogP contribution in [0.15, 0.2) is 59.8 Å². The molecular formula is C23H27N5OS. The second-order valence-electron chi connectivity index (χ2n) is 7.53. The van der Waals surface area contributed by atoms with Crippen LogP contribution in [0.25, 0.3) is 0 Å². The van der Waals surface area contributed by atoms with Crippen molar-refractivity contribution in [1.29, 1.82) is 0 Å². The molecule has 0 unspecified atom stereocenters. The van der Waals surface area contributed by atoms with E-state index in [1.54, 1.807) is 0 Å². The topological polar surface area (TPSA) is 63.1 Å². The summed E-state index contributed by atoms with van der Waals surface area (Å²) in [6.07, 6.45) is 3.83. The van der Waals surface area contributed by atoms with E-state index in [0.29, 0.717) is 12.3 Å². The summed E-state index contributed by atoms with van der Waals surface area (Å²) in [6.45, 7) is 4.86. The summed E-state index contributed by atoms with van der Waals surface area (Å²) in [5.41, 5.74) is 3.23. The molecule has 1 amide bonds. The zero-order chi connectivity index (χ0) is 20.8. The van der Waals surface area contributed by atoms with E-state index in [2.05, 4.69) is 44.7 Å². The van der Waals surface area contributed by atoms with Gasteiger partial charge in [-0.25, -0.2) is 0 Å². The Morgan fingerprint density at radius 3 is 2.47 bits per heavy atom. The number of nitrogens with zero attached hydrogens (tertiary/aromatic N) is 4. The number of carbonyl (C=O) groups is 1. The minimum absolute atomic E-state index is 0.0439. The first-order chi connectivity index (χ1) is 14.7. The lowest BCUT2D eigenvalue weighted by molar-refractivity contribution is -0.113. The SMILES string of the molecule is Cc1nnc(SCC(=O)Nc2ccc(N3CCCCC3)cc2)n1Cc1ccccc1. The Kier molecular flexibility index (Phi) is 6.69. The number of amides is 1. The van der Waals surface area contributed by atoms with Crippen LogP contribution in [-0.4, -0.2) is 39.5 Å². The van der Waals surface area contributed by atoms with Gasteiger partial charge >= 0.3 is 0 Å². The van der Waals surface area contributed by atoms with Crippen LogP contribution >= 0.6 is 11.8 Å². The predicted octanol–water partition coefficient (Wildman–Crippen LogP) is 4.36. The minimum Gasteiger partial charge on any atom is -0.372 e. The van der Waals surface area contributed by atoms with Gasteiger partial charge in [0.1, 0.15) is 5.82 Å². The highest BCUT2D eigenvalue weighted by Gasteiger charge is 2.13. The summed E-state index contributed by atoms with van der Waals surface area (Å²) in [4.78, 5) is 14.9. The number of aryl methyl sites for hydroxylation is 1. The Hall–Kier alpha value is -2.80. The van der Waals surface area contributed by atoms with Crippen LogP contribution in [0.4, 0.5) is 11.4 Å². The summed E-state index contributed by atoms with van der Waals surface area (Å²) in [5, 5.41) is 12.2. The van der Waals surface area contributed by atoms with E-state index in [1.165, 1.54) is 42.3 Å². The first-order valence-electron chi connectivity index (χ1n) is 10.4. The van der Waals surface area contributed by atoms with Gasteiger partial charge in [-0.15, -0.1) is 10.2 Å². The molecule has 1 aliphatic rings. The summed E-state index contributed by atoms with van der Waals surface area (Å²) in [7, 11) is 0. The number of aromatic nitrogens is 3. The maximum absolute atomic E-state index is 12.4. The quantitative estimate of drug-likeness (QED) is 0.575. The van der Waals surface area contributed by atoms with Gasteiger partial charge in [0.05, 0.1) is 12.3 Å². The molecule has 2 heterocycles. The largest absolute Gasteiger partial charge is 0.372 e. The number of thioether (sulfide) groups is 1. The van der Waals surface area contributed by atoms with Gasteiger partial charge in [-0.2, -0.15) is 0 Å². The molecule has 156 valence electrons. The van der Waals surface area contributed by atoms with E-state index in [1.807, 2.05) is 41.8 Å². The number of hydrogen-bond donors (Lipinski definition) is 1. The average molecular weight is 422 g/mol. The van der Waals surface area contributed by atoms with Crippen molar-refractivity contribution in [2.24, 2.45) is 0 Å². The fraction of sp³-hybridized carbons (Fsp3) is 0.348. The van der Waals surface area contributed by atoms with Crippen molar-refractivity contribution in [1.82, 2.24) is 14.8 Å². The third-order valence-corrected chi connectivity index (χ3v) is 6.26. The monoisotopic (exact) mass is 421 g/mol. The second kappa shape index (κ2) is 9.80. The van der Waals surface area contributed by atoms with E-state index in [-0.39, 0.29) is 5.91 Å². The summed E-state index contributed by atoms with van der Waals surface area (Å²) >= 11 is 1.41. The van der Waals surface area contributed by atoms with Crippen molar-refractivity contribution in [3.8, 4) is 0 Å². The van der Waals surface area contributed by atoms with E-state index < -0.39 is 0 Å². The van der Waals surface area contributed by atoms with Crippen molar-refractivity contribution in [2.75, 3.05) is 29.1 Å². The van der Waals surface area contributed by atoms with E-state index >= 15 is 0 Å². The van der Waals surface area contributed by atoms with Gasteiger partial charge in [-0.3, -0.25) is 4.79 Å². The Bertz CT molecular complexity index is 965. The Morgan fingerprint density at radius 1 is 1.00 bits per heavy atom. The number of piperidine rings is 1. The first-order valence-corrected chi connectivity index (χ1v) is 11.4. The maximum Gasteiger partial charge on any atom is 0.234 e. The van der Waals surface area contributed by atoms with Crippen molar-refractivity contribution in [2.45, 2.75) is 37.9 Å². The predicted molar refractivity (Wildman–Crippen MR) is 122 cm³/mol. The molecule has 0 saturated carbocycles. The van der Waals surface area contributed by atoms with Crippen LogP contribution in [0.5, 0.6) is 0 Å². The van der Waals surface area contributed by atoms with Crippen LogP contribution in [0.1, 0.15) is 30.7 Å². The zero-order valence-electron chi connectivity index (χ0n) is 17.3. The standard InChI is InChI=1S/C23H27N5OS/c1-18-25-26-23(28(18)16-19-8-4-2-5-9-19)30-17-22(29)24-20-10-12-21(13-11-20)27-14-6-3-7-15-27/h2,4-5,8-13H,3,6-7,14-17H2,1H3,(H,24,29). The second-order valence-corrected chi connectivity index (χ2v) is 8.48. The van der Waals surface area contributed by atoms with Gasteiger partial charge in [0.15, 0.2) is 5.16 Å². The molecule has 1 aromatic heterocycles. The molecular weight excluding hydrogens is 394 g/mol. The van der Waals surface area contributed by atoms with Crippen LogP contribution < -0.4 is 10.2 Å². The molecule has 0 spiro atoms. The molecule has 0 atom stereocenters. The van der Waals surface area contributed by atoms with Crippen LogP contribution in [0, 0.1) is 6.92 Å². The smallest absolute Gasteiger partial charge is 0.234 e. The molecule has 4 rings (SSSR count). The zero-order valence-corrected chi connectivity index (χ0v) is 18.1. The number of carbonyl (C=O) groups excluding carboxylic acids is 1. The fourth-order valence-electron chi connectivity index (χ4n) is 3.65. The average Bonchev–Trinajstić information content (AvgIpc) is 3.13. The van der Waals surface area contributed by atoms with Gasteiger partial charge in [0, 0.05) is 24.5 Å². The highest BCUT2D eigenvalue weighted by Crippen LogP contribution is 2.23. The van der Waals surface area contributed by atoms with Crippen molar-refractivity contribution >= 4 is 29.0 Å². The fourth-order valence-corrected chi connectivity index (χ4v) is 4.43. The van der Waals surface area contributed by atoms with E-state index in [0.717, 1.165) is 29.8 Å². The maximum atomic E-state index is 12.4. The molecule has 0 bridgehead atoms. The van der Waals surface area contributed by atoms with Crippen molar-refractivity contribution in [3.63, 3.8) is 0 Å². The molecule has 3 aromatic rings. The van der Waals surface area contributed by atoms with Gasteiger partial charge < -0.3 is 14.8 Å². The van der Waals surface area contributed by atoms with Crippen molar-refractivity contribution in [3.05, 3.63) is 66.0 Å². The number of anilines is 2. The van der Waals surface area contributed by atoms with Gasteiger partial charge in [-0.1, -0.05) is 42.1 Å². The Morgan fingerprint density at radius 2 is 1.73 bits per heavy atom. The third kappa shape index (κ3) is 5.21. The molecule has 1 N–H and O–H groups in total. The van der Waals surface area contributed by atoms with E-state index in [4.69, 9.17) is 0 Å². The first kappa shape index (κ1) is 20.5. The molecule has 2 aromatic carbocycles. The Labute approximate surface area is 181 Å². The lowest BCUT2D eigenvalue weighted by atomic mass is 10.1. The number of hydrogen-bond acceptors (Lipinski definition) is 5. The van der Waals surface area contributed by atoms with Gasteiger partial charge in [0.25, 0.3) is 0 Å². The lowest BCUT2D eigenvalue weighted by Crippen LogP contribution is -2.29. The summed E-state index contributed by atoms with van der Waals surface area (Å²) in [6, 6.07) is 18.3. The molecule has 1 saturated heterocycles. The Balaban J connectivity index is 1.32. The highest BCUT2D eigenvalue weighted by atomic mass is 32.2. The lowest BCUT2D eigenvalue weighted by Gasteiger charge is -2.28. The normalized spacial score (nSPS) is 14.0. The van der Waals surface area contributed by atoms with Crippen LogP contribution in [0.2, 0.25) is 0 Å². The number of benzene rings is 2. The van der Waals surface area contributed by atoms with Gasteiger partial charge in [0.2, 0.25) is 5.91 Å².